The largest absolute Gasteiger partial charge is 0.487 e. The number of rotatable bonds is 4. The summed E-state index contributed by atoms with van der Waals surface area (Å²) in [6.45, 7) is 1.34. The Labute approximate surface area is 192 Å². The second-order valence-electron chi connectivity index (χ2n) is 6.82. The summed E-state index contributed by atoms with van der Waals surface area (Å²) in [5.41, 5.74) is -0.0350. The Morgan fingerprint density at radius 2 is 1.77 bits per heavy atom. The van der Waals surface area contributed by atoms with Crippen LogP contribution in [0.15, 0.2) is 41.5 Å². The first-order valence-electron chi connectivity index (χ1n) is 9.33. The lowest BCUT2D eigenvalue weighted by Gasteiger charge is -2.32. The van der Waals surface area contributed by atoms with Gasteiger partial charge in [-0.1, -0.05) is 34.8 Å². The number of piperidine rings is 1. The maximum Gasteiger partial charge on any atom is 0.275 e. The van der Waals surface area contributed by atoms with Crippen LogP contribution >= 0.6 is 34.8 Å². The van der Waals surface area contributed by atoms with Crippen molar-refractivity contribution in [3.05, 3.63) is 67.8 Å². The molecule has 1 aliphatic rings. The number of aromatic nitrogens is 4. The fraction of sp³-hybridized carbons (Fsp3) is 0.250. The van der Waals surface area contributed by atoms with E-state index in [1.54, 1.807) is 24.5 Å². The van der Waals surface area contributed by atoms with Gasteiger partial charge in [0, 0.05) is 25.9 Å². The van der Waals surface area contributed by atoms with E-state index in [0.717, 1.165) is 4.68 Å². The Hall–Kier alpha value is -2.86. The highest BCUT2D eigenvalue weighted by Gasteiger charge is 2.24. The first-order valence-corrected chi connectivity index (χ1v) is 10.5. The molecule has 0 spiro atoms. The first kappa shape index (κ1) is 21.4. The molecular weight excluding hydrogens is 463 g/mol. The number of nitrogens with zero attached hydrogens (tertiary/aromatic N) is 6. The van der Waals surface area contributed by atoms with Crippen LogP contribution in [0.5, 0.6) is 5.75 Å². The maximum absolute atomic E-state index is 12.6. The van der Waals surface area contributed by atoms with Gasteiger partial charge in [-0.3, -0.25) is 4.79 Å². The SMILES string of the molecule is N#Cc1nn(-c2ccc(Cl)c(Cl)c2)c(=O)cc1OC1CCN(c2ncc(Cl)cn2)CC1. The molecule has 11 heteroatoms. The van der Waals surface area contributed by atoms with Crippen LogP contribution < -0.4 is 15.2 Å². The van der Waals surface area contributed by atoms with E-state index in [1.165, 1.54) is 12.1 Å². The number of ether oxygens (including phenoxy) is 1. The topological polar surface area (TPSA) is 96.9 Å². The average molecular weight is 478 g/mol. The van der Waals surface area contributed by atoms with Gasteiger partial charge in [0.15, 0.2) is 5.75 Å². The third-order valence-corrected chi connectivity index (χ3v) is 5.71. The molecule has 158 valence electrons. The van der Waals surface area contributed by atoms with Crippen molar-refractivity contribution in [2.45, 2.75) is 18.9 Å². The lowest BCUT2D eigenvalue weighted by molar-refractivity contribution is 0.168. The third-order valence-electron chi connectivity index (χ3n) is 4.78. The average Bonchev–Trinajstić information content (AvgIpc) is 2.77. The Morgan fingerprint density at radius 1 is 1.06 bits per heavy atom. The number of hydrogen-bond acceptors (Lipinski definition) is 7. The van der Waals surface area contributed by atoms with Gasteiger partial charge in [0.2, 0.25) is 11.6 Å². The molecule has 0 unspecified atom stereocenters. The van der Waals surface area contributed by atoms with Crippen molar-refractivity contribution in [3.8, 4) is 17.5 Å². The number of benzene rings is 1. The summed E-state index contributed by atoms with van der Waals surface area (Å²) >= 11 is 17.8. The van der Waals surface area contributed by atoms with Crippen molar-refractivity contribution in [2.24, 2.45) is 0 Å². The summed E-state index contributed by atoms with van der Waals surface area (Å²) in [5, 5.41) is 14.8. The zero-order valence-corrected chi connectivity index (χ0v) is 18.3. The monoisotopic (exact) mass is 476 g/mol. The van der Waals surface area contributed by atoms with Crippen molar-refractivity contribution < 1.29 is 4.74 Å². The molecule has 1 aromatic carbocycles. The van der Waals surface area contributed by atoms with E-state index in [-0.39, 0.29) is 22.6 Å². The molecule has 31 heavy (non-hydrogen) atoms. The van der Waals surface area contributed by atoms with E-state index in [0.29, 0.717) is 47.6 Å². The van der Waals surface area contributed by atoms with Crippen molar-refractivity contribution in [3.63, 3.8) is 0 Å². The second-order valence-corrected chi connectivity index (χ2v) is 8.07. The van der Waals surface area contributed by atoms with E-state index < -0.39 is 5.56 Å². The molecule has 0 amide bonds. The van der Waals surface area contributed by atoms with Crippen LogP contribution in [0, 0.1) is 11.3 Å². The molecule has 3 heterocycles. The van der Waals surface area contributed by atoms with E-state index in [4.69, 9.17) is 39.5 Å². The van der Waals surface area contributed by atoms with Crippen LogP contribution in [-0.4, -0.2) is 38.9 Å². The number of nitriles is 1. The van der Waals surface area contributed by atoms with Crippen LogP contribution in [0.2, 0.25) is 15.1 Å². The minimum absolute atomic E-state index is 0.00846. The quantitative estimate of drug-likeness (QED) is 0.562. The van der Waals surface area contributed by atoms with Crippen LogP contribution in [-0.2, 0) is 0 Å². The summed E-state index contributed by atoms with van der Waals surface area (Å²) in [6, 6.07) is 7.92. The summed E-state index contributed by atoms with van der Waals surface area (Å²) < 4.78 is 7.05. The Kier molecular flexibility index (Phi) is 6.28. The van der Waals surface area contributed by atoms with Gasteiger partial charge in [0.05, 0.1) is 39.2 Å². The third kappa shape index (κ3) is 4.74. The van der Waals surface area contributed by atoms with Gasteiger partial charge in [0.25, 0.3) is 5.56 Å². The molecule has 0 bridgehead atoms. The molecule has 1 saturated heterocycles. The molecule has 0 N–H and O–H groups in total. The Balaban J connectivity index is 1.50. The predicted molar refractivity (Wildman–Crippen MR) is 117 cm³/mol. The number of anilines is 1. The fourth-order valence-electron chi connectivity index (χ4n) is 3.23. The van der Waals surface area contributed by atoms with E-state index >= 15 is 0 Å². The number of hydrogen-bond donors (Lipinski definition) is 0. The van der Waals surface area contributed by atoms with Crippen molar-refractivity contribution in [1.29, 1.82) is 5.26 Å². The predicted octanol–water partition coefficient (Wildman–Crippen LogP) is 3.90. The molecule has 1 aliphatic heterocycles. The van der Waals surface area contributed by atoms with E-state index in [9.17, 15) is 10.1 Å². The normalized spacial score (nSPS) is 14.3. The minimum Gasteiger partial charge on any atom is -0.487 e. The van der Waals surface area contributed by atoms with Gasteiger partial charge < -0.3 is 9.64 Å². The zero-order chi connectivity index (χ0) is 22.0. The standard InChI is InChI=1S/C20H15Cl3N6O2/c21-12-10-25-20(26-11-12)28-5-3-14(4-6-28)31-18-8-19(30)29(27-17(18)9-24)13-1-2-15(22)16(23)7-13/h1-2,7-8,10-11,14H,3-6H2. The van der Waals surface area contributed by atoms with Gasteiger partial charge in [0.1, 0.15) is 12.2 Å². The fourth-order valence-corrected chi connectivity index (χ4v) is 3.62. The molecule has 3 aromatic rings. The number of halogens is 3. The highest BCUT2D eigenvalue weighted by Crippen LogP contribution is 2.25. The lowest BCUT2D eigenvalue weighted by atomic mass is 10.1. The molecular formula is C20H15Cl3N6O2. The summed E-state index contributed by atoms with van der Waals surface area (Å²) in [7, 11) is 0. The van der Waals surface area contributed by atoms with Gasteiger partial charge in [-0.05, 0) is 18.2 Å². The molecule has 1 fully saturated rings. The second kappa shape index (κ2) is 9.10. The van der Waals surface area contributed by atoms with E-state index in [2.05, 4.69) is 15.1 Å². The van der Waals surface area contributed by atoms with Gasteiger partial charge in [-0.25, -0.2) is 9.97 Å². The smallest absolute Gasteiger partial charge is 0.275 e. The molecule has 0 saturated carbocycles. The van der Waals surface area contributed by atoms with Crippen LogP contribution in [0.3, 0.4) is 0 Å². The zero-order valence-electron chi connectivity index (χ0n) is 16.0. The highest BCUT2D eigenvalue weighted by atomic mass is 35.5. The van der Waals surface area contributed by atoms with Crippen LogP contribution in [0.1, 0.15) is 18.5 Å². The van der Waals surface area contributed by atoms with Gasteiger partial charge in [-0.15, -0.1) is 5.10 Å². The lowest BCUT2D eigenvalue weighted by Crippen LogP contribution is -2.39. The van der Waals surface area contributed by atoms with Crippen molar-refractivity contribution >= 4 is 40.8 Å². The minimum atomic E-state index is -0.445. The first-order chi connectivity index (χ1) is 14.9. The van der Waals surface area contributed by atoms with Crippen LogP contribution in [0.4, 0.5) is 5.95 Å². The van der Waals surface area contributed by atoms with Crippen molar-refractivity contribution in [2.75, 3.05) is 18.0 Å². The van der Waals surface area contributed by atoms with Gasteiger partial charge in [-0.2, -0.15) is 9.94 Å². The molecule has 2 aromatic heterocycles. The van der Waals surface area contributed by atoms with Crippen LogP contribution in [0.25, 0.3) is 5.69 Å². The van der Waals surface area contributed by atoms with Gasteiger partial charge >= 0.3 is 0 Å². The van der Waals surface area contributed by atoms with Crippen molar-refractivity contribution in [1.82, 2.24) is 19.7 Å². The molecule has 8 nitrogen and oxygen atoms in total. The summed E-state index contributed by atoms with van der Waals surface area (Å²) in [4.78, 5) is 23.1. The summed E-state index contributed by atoms with van der Waals surface area (Å²) in [5.74, 6) is 0.761. The molecule has 0 radical (unpaired) electrons. The van der Waals surface area contributed by atoms with E-state index in [1.807, 2.05) is 11.0 Å². The summed E-state index contributed by atoms with van der Waals surface area (Å²) in [6.07, 6.45) is 4.29. The Bertz CT molecular complexity index is 1200. The molecule has 4 rings (SSSR count). The molecule has 0 atom stereocenters. The Morgan fingerprint density at radius 3 is 2.42 bits per heavy atom. The molecule has 0 aliphatic carbocycles. The maximum atomic E-state index is 12.6. The highest BCUT2D eigenvalue weighted by molar-refractivity contribution is 6.42.